The lowest BCUT2D eigenvalue weighted by molar-refractivity contribution is 0.0821. The van der Waals surface area contributed by atoms with E-state index in [0.29, 0.717) is 47.9 Å². The molecule has 2 aromatic heterocycles. The number of pyridine rings is 1. The molecule has 0 bridgehead atoms. The highest BCUT2D eigenvalue weighted by atomic mass is 16.5. The van der Waals surface area contributed by atoms with Gasteiger partial charge >= 0.3 is 0 Å². The quantitative estimate of drug-likeness (QED) is 0.601. The Hall–Kier alpha value is -3.39. The van der Waals surface area contributed by atoms with Gasteiger partial charge in [-0.25, -0.2) is 4.98 Å². The Kier molecular flexibility index (Phi) is 6.14. The molecule has 1 N–H and O–H groups in total. The standard InChI is InChI=1S/C24H28N4O4/c1-15-20(23(29)25-12-13-31-4)28-14-18(24(30)27(2)3)17-10-11-19(16-8-6-5-7-9-16)32-21(17)22(28)26-15/h5-9,14,19H,10-13H2,1-4H3,(H,25,29). The van der Waals surface area contributed by atoms with E-state index in [4.69, 9.17) is 9.47 Å². The van der Waals surface area contributed by atoms with Crippen molar-refractivity contribution in [3.63, 3.8) is 0 Å². The van der Waals surface area contributed by atoms with Crippen LogP contribution >= 0.6 is 0 Å². The van der Waals surface area contributed by atoms with Crippen LogP contribution in [0, 0.1) is 6.92 Å². The normalized spacial score (nSPS) is 15.2. The minimum absolute atomic E-state index is 0.137. The number of methoxy groups -OCH3 is 1. The van der Waals surface area contributed by atoms with Crippen LogP contribution in [-0.4, -0.2) is 60.5 Å². The average molecular weight is 437 g/mol. The number of carbonyl (C=O) groups is 2. The molecule has 1 aliphatic heterocycles. The molecule has 0 saturated carbocycles. The highest BCUT2D eigenvalue weighted by molar-refractivity contribution is 5.99. The van der Waals surface area contributed by atoms with Crippen molar-refractivity contribution in [3.8, 4) is 5.75 Å². The van der Waals surface area contributed by atoms with E-state index in [1.54, 1.807) is 38.7 Å². The summed E-state index contributed by atoms with van der Waals surface area (Å²) in [6, 6.07) is 10.0. The van der Waals surface area contributed by atoms with Gasteiger partial charge < -0.3 is 19.7 Å². The number of benzene rings is 1. The third-order valence-corrected chi connectivity index (χ3v) is 5.68. The van der Waals surface area contributed by atoms with Gasteiger partial charge in [0.25, 0.3) is 11.8 Å². The zero-order chi connectivity index (χ0) is 22.8. The van der Waals surface area contributed by atoms with Gasteiger partial charge in [-0.2, -0.15) is 0 Å². The molecule has 168 valence electrons. The van der Waals surface area contributed by atoms with E-state index >= 15 is 0 Å². The Labute approximate surface area is 187 Å². The average Bonchev–Trinajstić information content (AvgIpc) is 3.14. The van der Waals surface area contributed by atoms with E-state index in [1.807, 2.05) is 30.3 Å². The van der Waals surface area contributed by atoms with Crippen LogP contribution in [0.4, 0.5) is 0 Å². The number of rotatable bonds is 6. The number of nitrogens with zero attached hydrogens (tertiary/aromatic N) is 3. The molecule has 3 aromatic rings. The molecule has 4 rings (SSSR count). The number of aromatic nitrogens is 2. The molecule has 1 atom stereocenters. The van der Waals surface area contributed by atoms with E-state index < -0.39 is 0 Å². The van der Waals surface area contributed by atoms with E-state index in [9.17, 15) is 9.59 Å². The van der Waals surface area contributed by atoms with Gasteiger partial charge in [0.1, 0.15) is 11.8 Å². The molecular formula is C24H28N4O4. The summed E-state index contributed by atoms with van der Waals surface area (Å²) in [7, 11) is 5.01. The fraction of sp³-hybridized carbons (Fsp3) is 0.375. The summed E-state index contributed by atoms with van der Waals surface area (Å²) < 4.78 is 13.1. The van der Waals surface area contributed by atoms with Crippen molar-refractivity contribution in [2.45, 2.75) is 25.9 Å². The van der Waals surface area contributed by atoms with Gasteiger partial charge in [0.05, 0.1) is 17.9 Å². The first-order valence-corrected chi connectivity index (χ1v) is 10.7. The van der Waals surface area contributed by atoms with Crippen LogP contribution in [0.2, 0.25) is 0 Å². The first-order chi connectivity index (χ1) is 15.4. The van der Waals surface area contributed by atoms with Crippen LogP contribution in [0.5, 0.6) is 5.75 Å². The topological polar surface area (TPSA) is 85.2 Å². The molecule has 3 heterocycles. The minimum Gasteiger partial charge on any atom is -0.481 e. The molecule has 0 spiro atoms. The summed E-state index contributed by atoms with van der Waals surface area (Å²) >= 11 is 0. The van der Waals surface area contributed by atoms with E-state index in [1.165, 1.54) is 4.90 Å². The first-order valence-electron chi connectivity index (χ1n) is 10.7. The molecule has 32 heavy (non-hydrogen) atoms. The summed E-state index contributed by atoms with van der Waals surface area (Å²) in [6.45, 7) is 2.57. The summed E-state index contributed by atoms with van der Waals surface area (Å²) in [5.41, 5.74) is 3.93. The molecule has 1 unspecified atom stereocenters. The summed E-state index contributed by atoms with van der Waals surface area (Å²) in [4.78, 5) is 32.2. The summed E-state index contributed by atoms with van der Waals surface area (Å²) in [5, 5.41) is 2.84. The second-order valence-electron chi connectivity index (χ2n) is 8.09. The van der Waals surface area contributed by atoms with Gasteiger partial charge in [-0.3, -0.25) is 14.0 Å². The van der Waals surface area contributed by atoms with Crippen molar-refractivity contribution >= 4 is 17.5 Å². The van der Waals surface area contributed by atoms with E-state index in [2.05, 4.69) is 10.3 Å². The molecule has 1 aliphatic rings. The lowest BCUT2D eigenvalue weighted by Gasteiger charge is -2.28. The highest BCUT2D eigenvalue weighted by Crippen LogP contribution is 2.40. The molecule has 2 amide bonds. The van der Waals surface area contributed by atoms with Crippen molar-refractivity contribution in [3.05, 3.63) is 64.6 Å². The molecule has 0 radical (unpaired) electrons. The van der Waals surface area contributed by atoms with Crippen molar-refractivity contribution in [1.29, 1.82) is 0 Å². The molecule has 8 heteroatoms. The second kappa shape index (κ2) is 9.00. The number of amides is 2. The van der Waals surface area contributed by atoms with E-state index in [-0.39, 0.29) is 17.9 Å². The van der Waals surface area contributed by atoms with Crippen LogP contribution in [0.1, 0.15) is 50.2 Å². The van der Waals surface area contributed by atoms with Crippen LogP contribution in [0.15, 0.2) is 36.5 Å². The van der Waals surface area contributed by atoms with Crippen LogP contribution in [-0.2, 0) is 11.2 Å². The Balaban J connectivity index is 1.85. The predicted octanol–water partition coefficient (Wildman–Crippen LogP) is 2.79. The highest BCUT2D eigenvalue weighted by Gasteiger charge is 2.31. The Morgan fingerprint density at radius 2 is 2.03 bits per heavy atom. The number of nitrogens with one attached hydrogen (secondary N) is 1. The molecule has 0 saturated heterocycles. The maximum Gasteiger partial charge on any atom is 0.270 e. The Morgan fingerprint density at radius 1 is 1.28 bits per heavy atom. The van der Waals surface area contributed by atoms with Crippen molar-refractivity contribution in [1.82, 2.24) is 19.6 Å². The zero-order valence-corrected chi connectivity index (χ0v) is 18.8. The van der Waals surface area contributed by atoms with Crippen LogP contribution in [0.3, 0.4) is 0 Å². The number of fused-ring (bicyclic) bond motifs is 3. The van der Waals surface area contributed by atoms with E-state index in [0.717, 1.165) is 17.5 Å². The first kappa shape index (κ1) is 21.8. The lowest BCUT2D eigenvalue weighted by Crippen LogP contribution is -2.29. The molecule has 0 aliphatic carbocycles. The number of hydrogen-bond donors (Lipinski definition) is 1. The Bertz CT molecular complexity index is 1150. The van der Waals surface area contributed by atoms with Gasteiger partial charge in [0, 0.05) is 39.5 Å². The minimum atomic E-state index is -0.273. The van der Waals surface area contributed by atoms with Crippen LogP contribution < -0.4 is 10.1 Å². The van der Waals surface area contributed by atoms with Gasteiger partial charge in [-0.05, 0) is 25.3 Å². The molecule has 0 fully saturated rings. The smallest absolute Gasteiger partial charge is 0.270 e. The molecular weight excluding hydrogens is 408 g/mol. The number of ether oxygens (including phenoxy) is 2. The fourth-order valence-electron chi connectivity index (χ4n) is 4.10. The second-order valence-corrected chi connectivity index (χ2v) is 8.09. The predicted molar refractivity (Wildman–Crippen MR) is 120 cm³/mol. The number of aryl methyl sites for hydroxylation is 1. The van der Waals surface area contributed by atoms with Gasteiger partial charge in [-0.15, -0.1) is 0 Å². The van der Waals surface area contributed by atoms with Crippen molar-refractivity contribution < 1.29 is 19.1 Å². The maximum absolute atomic E-state index is 13.0. The third kappa shape index (κ3) is 3.93. The largest absolute Gasteiger partial charge is 0.481 e. The number of hydrogen-bond acceptors (Lipinski definition) is 5. The van der Waals surface area contributed by atoms with Crippen molar-refractivity contribution in [2.75, 3.05) is 34.4 Å². The Morgan fingerprint density at radius 3 is 2.72 bits per heavy atom. The third-order valence-electron chi connectivity index (χ3n) is 5.68. The number of imidazole rings is 1. The maximum atomic E-state index is 13.0. The summed E-state index contributed by atoms with van der Waals surface area (Å²) in [6.07, 6.45) is 3.01. The zero-order valence-electron chi connectivity index (χ0n) is 18.8. The monoisotopic (exact) mass is 436 g/mol. The van der Waals surface area contributed by atoms with Crippen molar-refractivity contribution in [2.24, 2.45) is 0 Å². The SMILES string of the molecule is COCCNC(=O)c1c(C)nc2c3c(c(C(=O)N(C)C)cn12)CCC(c1ccccc1)O3. The summed E-state index contributed by atoms with van der Waals surface area (Å²) in [5.74, 6) is 0.157. The van der Waals surface area contributed by atoms with Gasteiger partial charge in [0.2, 0.25) is 0 Å². The van der Waals surface area contributed by atoms with Crippen LogP contribution in [0.25, 0.3) is 5.65 Å². The molecule has 1 aromatic carbocycles. The molecule has 8 nitrogen and oxygen atoms in total. The number of carbonyl (C=O) groups excluding carboxylic acids is 2. The van der Waals surface area contributed by atoms with Gasteiger partial charge in [-0.1, -0.05) is 30.3 Å². The fourth-order valence-corrected chi connectivity index (χ4v) is 4.10. The van der Waals surface area contributed by atoms with Gasteiger partial charge in [0.15, 0.2) is 11.4 Å². The lowest BCUT2D eigenvalue weighted by atomic mass is 9.95.